The first-order valence-electron chi connectivity index (χ1n) is 3.62. The number of carboxylic acid groups (broad SMARTS) is 1. The van der Waals surface area contributed by atoms with E-state index in [2.05, 4.69) is 44.8 Å². The molecule has 0 saturated carbocycles. The smallest absolute Gasteiger partial charge is 0.404 e. The van der Waals surface area contributed by atoms with Gasteiger partial charge in [0.05, 0.1) is 0 Å². The van der Waals surface area contributed by atoms with Gasteiger partial charge >= 0.3 is 6.09 Å². The van der Waals surface area contributed by atoms with Gasteiger partial charge in [0, 0.05) is 6.04 Å². The molecule has 1 amide bonds. The maximum atomic E-state index is 9.70. The summed E-state index contributed by atoms with van der Waals surface area (Å²) in [5.74, 6) is 0. The molecule has 0 aliphatic rings. The van der Waals surface area contributed by atoms with Crippen LogP contribution >= 0.6 is 0 Å². The van der Waals surface area contributed by atoms with E-state index in [1.807, 2.05) is 0 Å². The Morgan fingerprint density at radius 1 is 1.00 bits per heavy atom. The van der Waals surface area contributed by atoms with Crippen molar-refractivity contribution in [3.63, 3.8) is 0 Å². The number of nitrogens with one attached hydrogen (secondary N) is 1. The first-order chi connectivity index (χ1) is 6.13. The van der Waals surface area contributed by atoms with Gasteiger partial charge in [-0.15, -0.1) is 39.5 Å². The fourth-order valence-corrected chi connectivity index (χ4v) is 0.247. The first kappa shape index (κ1) is 37.6. The highest BCUT2D eigenvalue weighted by Gasteiger charge is 1.94. The van der Waals surface area contributed by atoms with Crippen LogP contribution in [0.3, 0.4) is 0 Å². The molecule has 0 spiro atoms. The largest absolute Gasteiger partial charge is 0.465 e. The van der Waals surface area contributed by atoms with E-state index in [9.17, 15) is 4.79 Å². The summed E-state index contributed by atoms with van der Waals surface area (Å²) < 4.78 is 0. The molecule has 0 aromatic heterocycles. The number of hydrogen-bond acceptors (Lipinski definition) is 3. The summed E-state index contributed by atoms with van der Waals surface area (Å²) >= 11 is 0. The summed E-state index contributed by atoms with van der Waals surface area (Å²) in [6, 6.07) is 0.0255. The van der Waals surface area contributed by atoms with Crippen LogP contribution in [0.2, 0.25) is 0 Å². The van der Waals surface area contributed by atoms with Crippen LogP contribution in [0.25, 0.3) is 0 Å². The standard InChI is InChI=1S/C4H9NO2.3C2H4.2H3N/c1-3(2)5-4(6)7;3*1-2;;/h3,5H,1-2H3,(H,6,7);3*1-2H2;2*1H3. The Hall–Kier alpha value is -1.59. The van der Waals surface area contributed by atoms with Crippen LogP contribution in [0.15, 0.2) is 39.5 Å². The van der Waals surface area contributed by atoms with Crippen molar-refractivity contribution >= 4 is 6.09 Å². The van der Waals surface area contributed by atoms with Crippen LogP contribution in [0.4, 0.5) is 4.79 Å². The summed E-state index contributed by atoms with van der Waals surface area (Å²) in [6.07, 6.45) is -0.963. The minimum Gasteiger partial charge on any atom is -0.465 e. The molecule has 0 unspecified atom stereocenters. The Morgan fingerprint density at radius 3 is 1.20 bits per heavy atom. The molecule has 5 heteroatoms. The lowest BCUT2D eigenvalue weighted by Gasteiger charge is -2.00. The van der Waals surface area contributed by atoms with Crippen LogP contribution in [0.5, 0.6) is 0 Å². The second kappa shape index (κ2) is 55.2. The quantitative estimate of drug-likeness (QED) is 0.507. The molecule has 15 heavy (non-hydrogen) atoms. The van der Waals surface area contributed by atoms with E-state index in [1.165, 1.54) is 0 Å². The third kappa shape index (κ3) is 232. The van der Waals surface area contributed by atoms with E-state index in [4.69, 9.17) is 5.11 Å². The molecule has 0 aromatic rings. The maximum Gasteiger partial charge on any atom is 0.404 e. The number of rotatable bonds is 1. The Morgan fingerprint density at radius 2 is 1.20 bits per heavy atom. The lowest BCUT2D eigenvalue weighted by atomic mass is 10.4. The number of carbonyl (C=O) groups is 1. The van der Waals surface area contributed by atoms with E-state index in [0.717, 1.165) is 0 Å². The highest BCUT2D eigenvalue weighted by molar-refractivity contribution is 5.64. The van der Waals surface area contributed by atoms with Gasteiger partial charge < -0.3 is 22.7 Å². The molecule has 0 rings (SSSR count). The Labute approximate surface area is 93.7 Å². The third-order valence-electron chi connectivity index (χ3n) is 0.412. The van der Waals surface area contributed by atoms with E-state index in [-0.39, 0.29) is 18.3 Å². The molecule has 5 nitrogen and oxygen atoms in total. The average molecular weight is 221 g/mol. The van der Waals surface area contributed by atoms with Crippen LogP contribution < -0.4 is 17.6 Å². The van der Waals surface area contributed by atoms with Gasteiger partial charge in [-0.1, -0.05) is 0 Å². The monoisotopic (exact) mass is 221 g/mol. The maximum absolute atomic E-state index is 9.70. The molecule has 0 radical (unpaired) electrons. The highest BCUT2D eigenvalue weighted by Crippen LogP contribution is 1.72. The third-order valence-corrected chi connectivity index (χ3v) is 0.412. The van der Waals surface area contributed by atoms with Crippen LogP contribution in [-0.2, 0) is 0 Å². The van der Waals surface area contributed by atoms with Crippen molar-refractivity contribution in [3.8, 4) is 0 Å². The van der Waals surface area contributed by atoms with E-state index in [0.29, 0.717) is 0 Å². The summed E-state index contributed by atoms with van der Waals surface area (Å²) in [7, 11) is 0. The minimum atomic E-state index is -0.963. The second-order valence-electron chi connectivity index (χ2n) is 1.60. The summed E-state index contributed by atoms with van der Waals surface area (Å²) in [5, 5.41) is 10.2. The fourth-order valence-electron chi connectivity index (χ4n) is 0.247. The Kier molecular flexibility index (Phi) is 138. The van der Waals surface area contributed by atoms with Crippen molar-refractivity contribution in [2.24, 2.45) is 0 Å². The van der Waals surface area contributed by atoms with Crippen molar-refractivity contribution < 1.29 is 9.90 Å². The zero-order chi connectivity index (χ0) is 11.9. The lowest BCUT2D eigenvalue weighted by molar-refractivity contribution is 0.191. The van der Waals surface area contributed by atoms with Gasteiger partial charge in [-0.3, -0.25) is 0 Å². The fraction of sp³-hybridized carbons (Fsp3) is 0.300. The van der Waals surface area contributed by atoms with Gasteiger partial charge in [0.25, 0.3) is 0 Å². The molecule has 0 aliphatic carbocycles. The van der Waals surface area contributed by atoms with Gasteiger partial charge in [-0.05, 0) is 13.8 Å². The van der Waals surface area contributed by atoms with Gasteiger partial charge in [-0.2, -0.15) is 0 Å². The van der Waals surface area contributed by atoms with Crippen LogP contribution in [0.1, 0.15) is 13.8 Å². The Bertz CT molecular complexity index is 104. The predicted molar refractivity (Wildman–Crippen MR) is 70.1 cm³/mol. The zero-order valence-electron chi connectivity index (χ0n) is 10.1. The molecule has 0 saturated heterocycles. The molecule has 0 heterocycles. The molecular formula is C10H27N3O2. The number of amides is 1. The SMILES string of the molecule is C=C.C=C.C=C.CC(C)NC(=O)O.N.N. The molecule has 0 bridgehead atoms. The molecule has 0 atom stereocenters. The van der Waals surface area contributed by atoms with Crippen molar-refractivity contribution in [1.29, 1.82) is 0 Å². The summed E-state index contributed by atoms with van der Waals surface area (Å²) in [4.78, 5) is 9.70. The number of hydrogen-bond donors (Lipinski definition) is 4. The lowest BCUT2D eigenvalue weighted by Crippen LogP contribution is -2.27. The minimum absolute atomic E-state index is 0. The molecular weight excluding hydrogens is 194 g/mol. The first-order valence-corrected chi connectivity index (χ1v) is 3.62. The average Bonchev–Trinajstić information content (AvgIpc) is 2.12. The normalized spacial score (nSPS) is 5.00. The van der Waals surface area contributed by atoms with Crippen molar-refractivity contribution in [3.05, 3.63) is 39.5 Å². The van der Waals surface area contributed by atoms with Gasteiger partial charge in [0.2, 0.25) is 0 Å². The van der Waals surface area contributed by atoms with Crippen LogP contribution in [-0.4, -0.2) is 17.2 Å². The molecule has 0 fully saturated rings. The topological polar surface area (TPSA) is 119 Å². The van der Waals surface area contributed by atoms with Crippen molar-refractivity contribution in [2.45, 2.75) is 19.9 Å². The summed E-state index contributed by atoms with van der Waals surface area (Å²) in [5.41, 5.74) is 0. The molecule has 0 aromatic carbocycles. The zero-order valence-corrected chi connectivity index (χ0v) is 10.1. The Balaban J connectivity index is -0.0000000221. The molecule has 8 N–H and O–H groups in total. The van der Waals surface area contributed by atoms with E-state index < -0.39 is 6.09 Å². The predicted octanol–water partition coefficient (Wildman–Crippen LogP) is 3.39. The molecule has 0 aliphatic heterocycles. The molecule has 94 valence electrons. The van der Waals surface area contributed by atoms with Crippen molar-refractivity contribution in [1.82, 2.24) is 17.6 Å². The van der Waals surface area contributed by atoms with Gasteiger partial charge in [0.15, 0.2) is 0 Å². The van der Waals surface area contributed by atoms with E-state index in [1.54, 1.807) is 13.8 Å². The van der Waals surface area contributed by atoms with E-state index >= 15 is 0 Å². The summed E-state index contributed by atoms with van der Waals surface area (Å²) in [6.45, 7) is 21.5. The van der Waals surface area contributed by atoms with Gasteiger partial charge in [-0.25, -0.2) is 4.79 Å². The van der Waals surface area contributed by atoms with Crippen LogP contribution in [0, 0.1) is 0 Å². The van der Waals surface area contributed by atoms with Gasteiger partial charge in [0.1, 0.15) is 0 Å². The highest BCUT2D eigenvalue weighted by atomic mass is 16.4. The van der Waals surface area contributed by atoms with Crippen molar-refractivity contribution in [2.75, 3.05) is 0 Å². The second-order valence-corrected chi connectivity index (χ2v) is 1.60.